The number of benzene rings is 2. The summed E-state index contributed by atoms with van der Waals surface area (Å²) >= 11 is 0. The van der Waals surface area contributed by atoms with Crippen molar-refractivity contribution in [1.82, 2.24) is 10.2 Å². The molecule has 4 N–H and O–H groups in total. The Morgan fingerprint density at radius 2 is 1.58 bits per heavy atom. The van der Waals surface area contributed by atoms with Crippen LogP contribution >= 0.6 is 0 Å². The van der Waals surface area contributed by atoms with Crippen LogP contribution < -0.4 is 15.0 Å². The van der Waals surface area contributed by atoms with Gasteiger partial charge in [-0.05, 0) is 93.9 Å². The minimum absolute atomic E-state index is 0.0214. The van der Waals surface area contributed by atoms with Crippen LogP contribution in [-0.4, -0.2) is 76.6 Å². The molecule has 43 heavy (non-hydrogen) atoms. The maximum absolute atomic E-state index is 13.0. The largest absolute Gasteiger partial charge is 0.495 e. The lowest BCUT2D eigenvalue weighted by Crippen LogP contribution is -2.58. The van der Waals surface area contributed by atoms with Crippen LogP contribution in [0.15, 0.2) is 42.5 Å². The molecule has 2 atom stereocenters. The van der Waals surface area contributed by atoms with E-state index in [9.17, 15) is 14.3 Å². The minimum atomic E-state index is -1.82. The van der Waals surface area contributed by atoms with Crippen LogP contribution in [0, 0.1) is 12.7 Å². The van der Waals surface area contributed by atoms with E-state index in [0.717, 1.165) is 62.9 Å². The molecule has 2 aliphatic heterocycles. The van der Waals surface area contributed by atoms with Gasteiger partial charge in [-0.2, -0.15) is 0 Å². The number of amides is 1. The molecule has 1 amide bonds. The standard InChI is InChI=1S/C30H42FN3O3.C2H2O4/c1-22-10-15-29(37-2)28(18-22)34(30(35)36)27-19-25-8-7-9-26(20-27)33(25)17-6-4-3-5-16-32-21-23-11-13-24(31)14-12-23;3-1(4)2(5)6/h10-15,18,25-27,32H,3-9,16-17,19-21H2,1-2H3,(H,35,36);(H,3,4)(H,5,6). The van der Waals surface area contributed by atoms with Gasteiger partial charge in [0.05, 0.1) is 12.8 Å². The number of ether oxygens (including phenoxy) is 1. The van der Waals surface area contributed by atoms with Crippen LogP contribution in [0.2, 0.25) is 0 Å². The Bertz CT molecular complexity index is 1180. The van der Waals surface area contributed by atoms with Gasteiger partial charge in [-0.3, -0.25) is 9.80 Å². The van der Waals surface area contributed by atoms with Crippen LogP contribution in [0.1, 0.15) is 68.9 Å². The number of unbranched alkanes of at least 4 members (excludes halogenated alkanes) is 3. The number of carbonyl (C=O) groups is 3. The molecule has 2 aromatic rings. The number of methoxy groups -OCH3 is 1. The van der Waals surface area contributed by atoms with Crippen LogP contribution in [0.5, 0.6) is 5.75 Å². The zero-order valence-electron chi connectivity index (χ0n) is 25.0. The third-order valence-corrected chi connectivity index (χ3v) is 8.21. The summed E-state index contributed by atoms with van der Waals surface area (Å²) in [6.45, 7) is 4.84. The lowest BCUT2D eigenvalue weighted by Gasteiger charge is -2.50. The Balaban J connectivity index is 0.000000765. The summed E-state index contributed by atoms with van der Waals surface area (Å²) in [7, 11) is 1.60. The first-order chi connectivity index (χ1) is 20.6. The number of carboxylic acid groups (broad SMARTS) is 3. The van der Waals surface area contributed by atoms with Gasteiger partial charge in [0.15, 0.2) is 0 Å². The molecule has 2 aliphatic rings. The smallest absolute Gasteiger partial charge is 0.414 e. The van der Waals surface area contributed by atoms with Crippen LogP contribution in [0.3, 0.4) is 0 Å². The lowest BCUT2D eigenvalue weighted by atomic mass is 9.80. The second-order valence-electron chi connectivity index (χ2n) is 11.3. The van der Waals surface area contributed by atoms with E-state index in [1.807, 2.05) is 37.3 Å². The number of hydrogen-bond acceptors (Lipinski definition) is 6. The summed E-state index contributed by atoms with van der Waals surface area (Å²) in [5.74, 6) is -3.22. The summed E-state index contributed by atoms with van der Waals surface area (Å²) in [5.41, 5.74) is 2.81. The fourth-order valence-electron chi connectivity index (χ4n) is 6.20. The Hall–Kier alpha value is -3.70. The fourth-order valence-corrected chi connectivity index (χ4v) is 6.20. The molecule has 0 spiro atoms. The molecule has 0 aliphatic carbocycles. The average Bonchev–Trinajstić information content (AvgIpc) is 2.96. The average molecular weight is 602 g/mol. The molecule has 4 rings (SSSR count). The second kappa shape index (κ2) is 16.8. The van der Waals surface area contributed by atoms with Gasteiger partial charge in [-0.1, -0.05) is 37.5 Å². The molecular weight excluding hydrogens is 557 g/mol. The van der Waals surface area contributed by atoms with Crippen molar-refractivity contribution in [1.29, 1.82) is 0 Å². The number of fused-ring (bicyclic) bond motifs is 2. The van der Waals surface area contributed by atoms with Gasteiger partial charge >= 0.3 is 18.0 Å². The van der Waals surface area contributed by atoms with E-state index in [2.05, 4.69) is 10.2 Å². The van der Waals surface area contributed by atoms with Gasteiger partial charge in [0, 0.05) is 24.7 Å². The summed E-state index contributed by atoms with van der Waals surface area (Å²) in [6, 6.07) is 13.3. The summed E-state index contributed by atoms with van der Waals surface area (Å²) in [4.78, 5) is 34.9. The Kier molecular flexibility index (Phi) is 13.2. The zero-order chi connectivity index (χ0) is 31.4. The van der Waals surface area contributed by atoms with Crippen LogP contribution in [-0.2, 0) is 16.1 Å². The molecule has 236 valence electrons. The normalized spacial score (nSPS) is 19.6. The summed E-state index contributed by atoms with van der Waals surface area (Å²) in [6.07, 6.45) is 9.14. The molecule has 2 bridgehead atoms. The van der Waals surface area contributed by atoms with Crippen LogP contribution in [0.25, 0.3) is 0 Å². The number of nitrogens with one attached hydrogen (secondary N) is 1. The SMILES string of the molecule is COc1ccc(C)cc1N(C(=O)O)C1CC2CCCC(C1)N2CCCCCCNCc1ccc(F)cc1.O=C(O)C(=O)O. The third kappa shape index (κ3) is 10.2. The summed E-state index contributed by atoms with van der Waals surface area (Å²) < 4.78 is 18.5. The zero-order valence-corrected chi connectivity index (χ0v) is 25.0. The van der Waals surface area contributed by atoms with E-state index in [1.165, 1.54) is 37.8 Å². The number of aryl methyl sites for hydroxylation is 1. The lowest BCUT2D eigenvalue weighted by molar-refractivity contribution is -0.159. The maximum atomic E-state index is 13.0. The number of aliphatic carboxylic acids is 2. The number of rotatable bonds is 12. The molecule has 2 saturated heterocycles. The highest BCUT2D eigenvalue weighted by molar-refractivity contribution is 6.27. The predicted octanol–water partition coefficient (Wildman–Crippen LogP) is 5.52. The van der Waals surface area contributed by atoms with E-state index >= 15 is 0 Å². The van der Waals surface area contributed by atoms with Crippen molar-refractivity contribution in [2.75, 3.05) is 25.1 Å². The van der Waals surface area contributed by atoms with Crippen molar-refractivity contribution in [3.8, 4) is 5.75 Å². The molecule has 0 radical (unpaired) electrons. The van der Waals surface area contributed by atoms with Crippen LogP contribution in [0.4, 0.5) is 14.9 Å². The number of piperidine rings is 2. The van der Waals surface area contributed by atoms with E-state index in [4.69, 9.17) is 24.5 Å². The van der Waals surface area contributed by atoms with Gasteiger partial charge in [0.1, 0.15) is 11.6 Å². The second-order valence-corrected chi connectivity index (χ2v) is 11.3. The number of nitrogens with zero attached hydrogens (tertiary/aromatic N) is 2. The first-order valence-electron chi connectivity index (χ1n) is 14.9. The van der Waals surface area contributed by atoms with E-state index in [-0.39, 0.29) is 11.9 Å². The Labute approximate surface area is 252 Å². The number of halogens is 1. The molecular formula is C32H44FN3O7. The molecule has 2 heterocycles. The molecule has 2 unspecified atom stereocenters. The highest BCUT2D eigenvalue weighted by atomic mass is 19.1. The fraction of sp³-hybridized carbons (Fsp3) is 0.531. The monoisotopic (exact) mass is 601 g/mol. The molecule has 0 aromatic heterocycles. The molecule has 0 saturated carbocycles. The number of carboxylic acids is 2. The first kappa shape index (κ1) is 33.8. The number of anilines is 1. The van der Waals surface area contributed by atoms with E-state index in [1.54, 1.807) is 12.0 Å². The first-order valence-corrected chi connectivity index (χ1v) is 14.9. The third-order valence-electron chi connectivity index (χ3n) is 8.21. The topological polar surface area (TPSA) is 140 Å². The van der Waals surface area contributed by atoms with E-state index < -0.39 is 18.0 Å². The molecule has 2 fully saturated rings. The van der Waals surface area contributed by atoms with Gasteiger partial charge in [-0.15, -0.1) is 0 Å². The Morgan fingerprint density at radius 1 is 0.953 bits per heavy atom. The van der Waals surface area contributed by atoms with Crippen molar-refractivity contribution in [2.45, 2.75) is 89.4 Å². The van der Waals surface area contributed by atoms with Gasteiger partial charge in [0.25, 0.3) is 0 Å². The van der Waals surface area contributed by atoms with Gasteiger partial charge < -0.3 is 25.4 Å². The predicted molar refractivity (Wildman–Crippen MR) is 161 cm³/mol. The van der Waals surface area contributed by atoms with Crippen molar-refractivity contribution >= 4 is 23.7 Å². The number of hydrogen-bond donors (Lipinski definition) is 4. The highest BCUT2D eigenvalue weighted by Gasteiger charge is 2.42. The van der Waals surface area contributed by atoms with E-state index in [0.29, 0.717) is 23.5 Å². The van der Waals surface area contributed by atoms with Gasteiger partial charge in [-0.25, -0.2) is 18.8 Å². The Morgan fingerprint density at radius 3 is 2.16 bits per heavy atom. The van der Waals surface area contributed by atoms with Crippen molar-refractivity contribution < 1.29 is 38.8 Å². The quantitative estimate of drug-likeness (QED) is 0.183. The van der Waals surface area contributed by atoms with Gasteiger partial charge in [0.2, 0.25) is 0 Å². The molecule has 10 nitrogen and oxygen atoms in total. The van der Waals surface area contributed by atoms with Crippen molar-refractivity contribution in [3.63, 3.8) is 0 Å². The maximum Gasteiger partial charge on any atom is 0.414 e. The molecule has 2 aromatic carbocycles. The highest BCUT2D eigenvalue weighted by Crippen LogP contribution is 2.40. The molecule has 11 heteroatoms. The minimum Gasteiger partial charge on any atom is -0.495 e. The van der Waals surface area contributed by atoms with Crippen molar-refractivity contribution in [3.05, 3.63) is 59.4 Å². The summed E-state index contributed by atoms with van der Waals surface area (Å²) in [5, 5.41) is 28.4. The van der Waals surface area contributed by atoms with Crippen molar-refractivity contribution in [2.24, 2.45) is 0 Å².